The van der Waals surface area contributed by atoms with Crippen molar-refractivity contribution < 1.29 is 0 Å². The number of fused-ring (bicyclic) bond motifs is 1. The molecule has 0 bridgehead atoms. The Labute approximate surface area is 131 Å². The summed E-state index contributed by atoms with van der Waals surface area (Å²) in [5.41, 5.74) is 15.4. The molecule has 0 radical (unpaired) electrons. The third-order valence-electron chi connectivity index (χ3n) is 3.47. The zero-order valence-electron chi connectivity index (χ0n) is 12.1. The van der Waals surface area contributed by atoms with E-state index in [1.54, 1.807) is 16.8 Å². The Bertz CT molecular complexity index is 972. The minimum Gasteiger partial charge on any atom is -0.384 e. The van der Waals surface area contributed by atoms with Crippen molar-refractivity contribution in [2.24, 2.45) is 0 Å². The van der Waals surface area contributed by atoms with E-state index in [0.29, 0.717) is 17.2 Å². The largest absolute Gasteiger partial charge is 0.384 e. The van der Waals surface area contributed by atoms with Gasteiger partial charge >= 0.3 is 0 Å². The van der Waals surface area contributed by atoms with Crippen molar-refractivity contribution in [3.63, 3.8) is 0 Å². The first-order valence-corrected chi connectivity index (χ1v) is 7.01. The topological polar surface area (TPSA) is 108 Å². The van der Waals surface area contributed by atoms with Crippen LogP contribution in [0.15, 0.2) is 54.9 Å². The molecule has 0 fully saturated rings. The highest BCUT2D eigenvalue weighted by Gasteiger charge is 2.18. The fourth-order valence-electron chi connectivity index (χ4n) is 2.55. The van der Waals surface area contributed by atoms with Gasteiger partial charge in [0.15, 0.2) is 0 Å². The number of hydrogen-bond donors (Lipinski definition) is 2. The van der Waals surface area contributed by atoms with Crippen LogP contribution in [0, 0.1) is 0 Å². The normalized spacial score (nSPS) is 11.0. The second-order valence-electron chi connectivity index (χ2n) is 5.01. The van der Waals surface area contributed by atoms with Crippen LogP contribution in [0.1, 0.15) is 0 Å². The fourth-order valence-corrected chi connectivity index (χ4v) is 2.55. The number of pyridine rings is 2. The highest BCUT2D eigenvalue weighted by Crippen LogP contribution is 2.33. The van der Waals surface area contributed by atoms with Crippen LogP contribution in [0.5, 0.6) is 0 Å². The summed E-state index contributed by atoms with van der Waals surface area (Å²) >= 11 is 0. The molecular weight excluding hydrogens is 290 g/mol. The van der Waals surface area contributed by atoms with Gasteiger partial charge in [-0.1, -0.05) is 12.1 Å². The maximum absolute atomic E-state index is 5.82. The lowest BCUT2D eigenvalue weighted by Gasteiger charge is -2.04. The molecule has 0 aliphatic carbocycles. The van der Waals surface area contributed by atoms with Crippen LogP contribution in [0.4, 0.5) is 11.8 Å². The highest BCUT2D eigenvalue weighted by molar-refractivity contribution is 5.90. The molecule has 0 aliphatic rings. The van der Waals surface area contributed by atoms with Crippen molar-refractivity contribution in [2.75, 3.05) is 11.5 Å². The number of hydrogen-bond acceptors (Lipinski definition) is 6. The summed E-state index contributed by atoms with van der Waals surface area (Å²) < 4.78 is 1.79. The molecule has 0 spiro atoms. The molecule has 4 heterocycles. The van der Waals surface area contributed by atoms with E-state index >= 15 is 0 Å². The highest BCUT2D eigenvalue weighted by atomic mass is 15.2. The van der Waals surface area contributed by atoms with Crippen LogP contribution in [-0.4, -0.2) is 24.6 Å². The third kappa shape index (κ3) is 2.24. The second-order valence-corrected chi connectivity index (χ2v) is 5.01. The Morgan fingerprint density at radius 3 is 2.57 bits per heavy atom. The van der Waals surface area contributed by atoms with Crippen molar-refractivity contribution in [1.29, 1.82) is 0 Å². The predicted molar refractivity (Wildman–Crippen MR) is 88.3 cm³/mol. The number of nitrogens with two attached hydrogens (primary N) is 2. The molecule has 0 saturated heterocycles. The van der Waals surface area contributed by atoms with E-state index in [4.69, 9.17) is 11.5 Å². The molecule has 4 aromatic rings. The predicted octanol–water partition coefficient (Wildman–Crippen LogP) is 2.02. The first kappa shape index (κ1) is 13.2. The molecule has 4 N–H and O–H groups in total. The summed E-state index contributed by atoms with van der Waals surface area (Å²) in [4.78, 5) is 12.6. The van der Waals surface area contributed by atoms with Crippen LogP contribution in [-0.2, 0) is 0 Å². The van der Waals surface area contributed by atoms with Crippen LogP contribution in [0.25, 0.3) is 28.2 Å². The molecule has 23 heavy (non-hydrogen) atoms. The summed E-state index contributed by atoms with van der Waals surface area (Å²) in [6.07, 6.45) is 3.60. The molecule has 0 aliphatic heterocycles. The van der Waals surface area contributed by atoms with Gasteiger partial charge in [-0.25, -0.2) is 9.50 Å². The minimum absolute atomic E-state index is 0.127. The van der Waals surface area contributed by atoms with Gasteiger partial charge in [-0.3, -0.25) is 4.98 Å². The van der Waals surface area contributed by atoms with Crippen LogP contribution >= 0.6 is 0 Å². The van der Waals surface area contributed by atoms with E-state index in [-0.39, 0.29) is 5.95 Å². The number of aromatic nitrogens is 5. The summed E-state index contributed by atoms with van der Waals surface area (Å²) in [5, 5.41) is 4.63. The van der Waals surface area contributed by atoms with E-state index in [2.05, 4.69) is 20.1 Å². The first-order valence-electron chi connectivity index (χ1n) is 7.01. The zero-order chi connectivity index (χ0) is 15.8. The lowest BCUT2D eigenvalue weighted by molar-refractivity contribution is 0.962. The molecule has 4 aromatic heterocycles. The Kier molecular flexibility index (Phi) is 2.90. The van der Waals surface area contributed by atoms with Crippen molar-refractivity contribution >= 4 is 17.3 Å². The van der Waals surface area contributed by atoms with Gasteiger partial charge in [0.25, 0.3) is 0 Å². The van der Waals surface area contributed by atoms with E-state index in [1.165, 1.54) is 0 Å². The lowest BCUT2D eigenvalue weighted by atomic mass is 10.1. The molecule has 7 nitrogen and oxygen atoms in total. The van der Waals surface area contributed by atoms with E-state index < -0.39 is 0 Å². The first-order chi connectivity index (χ1) is 11.2. The van der Waals surface area contributed by atoms with Crippen molar-refractivity contribution in [2.45, 2.75) is 0 Å². The molecule has 7 heteroatoms. The summed E-state index contributed by atoms with van der Waals surface area (Å²) in [6, 6.07) is 13.2. The van der Waals surface area contributed by atoms with E-state index in [1.807, 2.05) is 42.6 Å². The summed E-state index contributed by atoms with van der Waals surface area (Å²) in [6.45, 7) is 0. The standard InChI is InChI=1S/C16H13N7/c17-13-9-11(20-16(18)21-13)14-12-6-2-4-8-23(12)22-15(14)10-5-1-3-7-19-10/h1-9H,(H4,17,18,20,21). The van der Waals surface area contributed by atoms with Gasteiger partial charge in [0, 0.05) is 18.5 Å². The van der Waals surface area contributed by atoms with Gasteiger partial charge in [0.2, 0.25) is 5.95 Å². The molecule has 0 saturated carbocycles. The monoisotopic (exact) mass is 303 g/mol. The molecule has 0 aromatic carbocycles. The van der Waals surface area contributed by atoms with E-state index in [9.17, 15) is 0 Å². The average Bonchev–Trinajstić information content (AvgIpc) is 2.94. The number of nitrogens with zero attached hydrogens (tertiary/aromatic N) is 5. The minimum atomic E-state index is 0.127. The van der Waals surface area contributed by atoms with Gasteiger partial charge in [-0.05, 0) is 24.3 Å². The Morgan fingerprint density at radius 1 is 0.913 bits per heavy atom. The van der Waals surface area contributed by atoms with Crippen molar-refractivity contribution in [1.82, 2.24) is 24.6 Å². The van der Waals surface area contributed by atoms with Crippen molar-refractivity contribution in [3.8, 4) is 22.6 Å². The molecule has 112 valence electrons. The quantitative estimate of drug-likeness (QED) is 0.586. The summed E-state index contributed by atoms with van der Waals surface area (Å²) in [7, 11) is 0. The van der Waals surface area contributed by atoms with Gasteiger partial charge in [-0.15, -0.1) is 0 Å². The van der Waals surface area contributed by atoms with Gasteiger partial charge in [0.1, 0.15) is 11.5 Å². The maximum Gasteiger partial charge on any atom is 0.222 e. The van der Waals surface area contributed by atoms with Crippen LogP contribution in [0.3, 0.4) is 0 Å². The Balaban J connectivity index is 2.07. The Morgan fingerprint density at radius 2 is 1.78 bits per heavy atom. The van der Waals surface area contributed by atoms with Crippen molar-refractivity contribution in [3.05, 3.63) is 54.9 Å². The maximum atomic E-state index is 5.82. The second kappa shape index (κ2) is 5.06. The number of nitrogen functional groups attached to an aromatic ring is 2. The third-order valence-corrected chi connectivity index (χ3v) is 3.47. The van der Waals surface area contributed by atoms with Crippen LogP contribution in [0.2, 0.25) is 0 Å². The molecular formula is C16H13N7. The molecule has 0 atom stereocenters. The summed E-state index contributed by atoms with van der Waals surface area (Å²) in [5.74, 6) is 0.442. The Hall–Kier alpha value is -3.48. The molecule has 4 rings (SSSR count). The average molecular weight is 303 g/mol. The molecule has 0 amide bonds. The SMILES string of the molecule is Nc1cc(-c2c(-c3ccccn3)nn3ccccc23)nc(N)n1. The smallest absolute Gasteiger partial charge is 0.222 e. The molecule has 0 unspecified atom stereocenters. The van der Waals surface area contributed by atoms with Crippen LogP contribution < -0.4 is 11.5 Å². The number of anilines is 2. The van der Waals surface area contributed by atoms with Gasteiger partial charge in [0.05, 0.1) is 22.5 Å². The van der Waals surface area contributed by atoms with Gasteiger partial charge < -0.3 is 11.5 Å². The van der Waals surface area contributed by atoms with E-state index in [0.717, 1.165) is 16.8 Å². The zero-order valence-corrected chi connectivity index (χ0v) is 12.1. The lowest BCUT2D eigenvalue weighted by Crippen LogP contribution is -2.01. The number of rotatable bonds is 2. The fraction of sp³-hybridized carbons (Fsp3) is 0. The van der Waals surface area contributed by atoms with Gasteiger partial charge in [-0.2, -0.15) is 10.1 Å².